The number of hydrogen-bond donors (Lipinski definition) is 1. The molecule has 1 fully saturated rings. The lowest BCUT2D eigenvalue weighted by molar-refractivity contribution is 0.100. The van der Waals surface area contributed by atoms with Gasteiger partial charge >= 0.3 is 0 Å². The summed E-state index contributed by atoms with van der Waals surface area (Å²) in [5.74, 6) is -0.610. The van der Waals surface area contributed by atoms with Gasteiger partial charge in [0.2, 0.25) is 5.91 Å². The lowest BCUT2D eigenvalue weighted by Gasteiger charge is -2.22. The molecule has 0 atom stereocenters. The number of halogens is 1. The second kappa shape index (κ2) is 6.28. The van der Waals surface area contributed by atoms with E-state index in [1.807, 2.05) is 24.3 Å². The van der Waals surface area contributed by atoms with Crippen molar-refractivity contribution < 1.29 is 9.18 Å². The van der Waals surface area contributed by atoms with Gasteiger partial charge < -0.3 is 5.73 Å². The normalized spacial score (nSPS) is 14.3. The quantitative estimate of drug-likeness (QED) is 0.891. The van der Waals surface area contributed by atoms with E-state index in [1.54, 1.807) is 12.1 Å². The molecule has 2 aromatic carbocycles. The molecule has 0 heterocycles. The summed E-state index contributed by atoms with van der Waals surface area (Å²) in [6.45, 7) is 1.63. The van der Waals surface area contributed by atoms with Crippen LogP contribution in [-0.2, 0) is 13.1 Å². The highest BCUT2D eigenvalue weighted by molar-refractivity contribution is 5.92. The van der Waals surface area contributed by atoms with E-state index >= 15 is 0 Å². The Morgan fingerprint density at radius 2 is 1.50 bits per heavy atom. The molecule has 0 aliphatic heterocycles. The van der Waals surface area contributed by atoms with Crippen LogP contribution in [0.15, 0.2) is 48.5 Å². The van der Waals surface area contributed by atoms with Gasteiger partial charge in [0.15, 0.2) is 0 Å². The number of benzene rings is 2. The summed E-state index contributed by atoms with van der Waals surface area (Å²) in [4.78, 5) is 13.5. The minimum Gasteiger partial charge on any atom is -0.366 e. The average Bonchev–Trinajstić information content (AvgIpc) is 3.34. The van der Waals surface area contributed by atoms with Gasteiger partial charge in [0.1, 0.15) is 5.82 Å². The summed E-state index contributed by atoms with van der Waals surface area (Å²) in [5.41, 5.74) is 8.05. The monoisotopic (exact) mass is 298 g/mol. The first kappa shape index (κ1) is 14.7. The second-order valence-corrected chi connectivity index (χ2v) is 5.82. The summed E-state index contributed by atoms with van der Waals surface area (Å²) < 4.78 is 13.0. The minimum absolute atomic E-state index is 0.205. The fraction of sp³-hybridized carbons (Fsp3) is 0.278. The highest BCUT2D eigenvalue weighted by Gasteiger charge is 2.28. The number of carbonyl (C=O) groups is 1. The minimum atomic E-state index is -0.406. The van der Waals surface area contributed by atoms with E-state index in [-0.39, 0.29) is 5.82 Å². The standard InChI is InChI=1S/C18H19FN2O/c19-16-7-3-14(4-8-16)12-21(17-9-10-17)11-13-1-5-15(6-2-13)18(20)22/h1-8,17H,9-12H2,(H2,20,22). The first-order valence-electron chi connectivity index (χ1n) is 7.49. The summed E-state index contributed by atoms with van der Waals surface area (Å²) >= 11 is 0. The predicted octanol–water partition coefficient (Wildman–Crippen LogP) is 3.09. The van der Waals surface area contributed by atoms with Crippen LogP contribution in [0.2, 0.25) is 0 Å². The van der Waals surface area contributed by atoms with Crippen LogP contribution in [0.1, 0.15) is 34.3 Å². The Hall–Kier alpha value is -2.20. The molecule has 3 rings (SSSR count). The molecule has 0 aromatic heterocycles. The molecule has 0 radical (unpaired) electrons. The number of nitrogens with zero attached hydrogens (tertiary/aromatic N) is 1. The van der Waals surface area contributed by atoms with E-state index in [1.165, 1.54) is 25.0 Å². The summed E-state index contributed by atoms with van der Waals surface area (Å²) in [7, 11) is 0. The molecule has 1 saturated carbocycles. The first-order chi connectivity index (χ1) is 10.6. The van der Waals surface area contributed by atoms with Gasteiger partial charge in [-0.2, -0.15) is 0 Å². The van der Waals surface area contributed by atoms with Crippen LogP contribution in [0.25, 0.3) is 0 Å². The van der Waals surface area contributed by atoms with E-state index in [4.69, 9.17) is 5.73 Å². The molecule has 1 aliphatic carbocycles. The summed E-state index contributed by atoms with van der Waals surface area (Å²) in [6, 6.07) is 14.7. The Morgan fingerprint density at radius 3 is 1.95 bits per heavy atom. The van der Waals surface area contributed by atoms with Crippen LogP contribution in [0.4, 0.5) is 4.39 Å². The van der Waals surface area contributed by atoms with Crippen molar-refractivity contribution in [3.05, 3.63) is 71.0 Å². The van der Waals surface area contributed by atoms with Crippen LogP contribution in [-0.4, -0.2) is 16.8 Å². The zero-order chi connectivity index (χ0) is 15.5. The SMILES string of the molecule is NC(=O)c1ccc(CN(Cc2ccc(F)cc2)C2CC2)cc1. The molecule has 2 aromatic rings. The largest absolute Gasteiger partial charge is 0.366 e. The molecule has 4 heteroatoms. The Morgan fingerprint density at radius 1 is 1.00 bits per heavy atom. The fourth-order valence-corrected chi connectivity index (χ4v) is 2.59. The number of carbonyl (C=O) groups excluding carboxylic acids is 1. The fourth-order valence-electron chi connectivity index (χ4n) is 2.59. The number of primary amides is 1. The Labute approximate surface area is 129 Å². The molecule has 0 spiro atoms. The van der Waals surface area contributed by atoms with Crippen molar-refractivity contribution in [3.8, 4) is 0 Å². The van der Waals surface area contributed by atoms with Crippen LogP contribution in [0.5, 0.6) is 0 Å². The molecule has 2 N–H and O–H groups in total. The van der Waals surface area contributed by atoms with Gasteiger partial charge in [-0.1, -0.05) is 24.3 Å². The van der Waals surface area contributed by atoms with E-state index in [9.17, 15) is 9.18 Å². The van der Waals surface area contributed by atoms with Crippen LogP contribution in [0.3, 0.4) is 0 Å². The van der Waals surface area contributed by atoms with Crippen LogP contribution in [0, 0.1) is 5.82 Å². The molecular formula is C18H19FN2O. The smallest absolute Gasteiger partial charge is 0.248 e. The molecule has 3 nitrogen and oxygen atoms in total. The molecule has 22 heavy (non-hydrogen) atoms. The molecule has 0 unspecified atom stereocenters. The van der Waals surface area contributed by atoms with Crippen LogP contribution >= 0.6 is 0 Å². The lowest BCUT2D eigenvalue weighted by Crippen LogP contribution is -2.25. The molecule has 114 valence electrons. The van der Waals surface area contributed by atoms with E-state index in [0.29, 0.717) is 11.6 Å². The number of amides is 1. The van der Waals surface area contributed by atoms with Gasteiger partial charge in [0.25, 0.3) is 0 Å². The van der Waals surface area contributed by atoms with E-state index < -0.39 is 5.91 Å². The van der Waals surface area contributed by atoms with Gasteiger partial charge in [0, 0.05) is 24.7 Å². The molecule has 1 aliphatic rings. The van der Waals surface area contributed by atoms with Gasteiger partial charge in [-0.3, -0.25) is 9.69 Å². The zero-order valence-electron chi connectivity index (χ0n) is 12.3. The van der Waals surface area contributed by atoms with E-state index in [0.717, 1.165) is 24.2 Å². The van der Waals surface area contributed by atoms with Crippen LogP contribution < -0.4 is 5.73 Å². The van der Waals surface area contributed by atoms with Gasteiger partial charge in [-0.15, -0.1) is 0 Å². The van der Waals surface area contributed by atoms with Crippen molar-refractivity contribution in [1.29, 1.82) is 0 Å². The third kappa shape index (κ3) is 3.71. The molecular weight excluding hydrogens is 279 g/mol. The second-order valence-electron chi connectivity index (χ2n) is 5.82. The third-order valence-corrected chi connectivity index (χ3v) is 3.99. The van der Waals surface area contributed by atoms with Gasteiger partial charge in [-0.25, -0.2) is 4.39 Å². The van der Waals surface area contributed by atoms with Crippen molar-refractivity contribution in [2.24, 2.45) is 5.73 Å². The van der Waals surface area contributed by atoms with Crippen molar-refractivity contribution in [2.75, 3.05) is 0 Å². The van der Waals surface area contributed by atoms with Gasteiger partial charge in [0.05, 0.1) is 0 Å². The number of hydrogen-bond acceptors (Lipinski definition) is 2. The molecule has 1 amide bonds. The average molecular weight is 298 g/mol. The lowest BCUT2D eigenvalue weighted by atomic mass is 10.1. The van der Waals surface area contributed by atoms with Crippen molar-refractivity contribution >= 4 is 5.91 Å². The van der Waals surface area contributed by atoms with Crippen molar-refractivity contribution in [3.63, 3.8) is 0 Å². The maximum Gasteiger partial charge on any atom is 0.248 e. The maximum absolute atomic E-state index is 13.0. The van der Waals surface area contributed by atoms with Gasteiger partial charge in [-0.05, 0) is 48.2 Å². The van der Waals surface area contributed by atoms with Crippen molar-refractivity contribution in [1.82, 2.24) is 4.90 Å². The molecule has 0 bridgehead atoms. The highest BCUT2D eigenvalue weighted by atomic mass is 19.1. The maximum atomic E-state index is 13.0. The van der Waals surface area contributed by atoms with Crippen molar-refractivity contribution in [2.45, 2.75) is 32.0 Å². The highest BCUT2D eigenvalue weighted by Crippen LogP contribution is 2.29. The first-order valence-corrected chi connectivity index (χ1v) is 7.49. The zero-order valence-corrected chi connectivity index (χ0v) is 12.3. The third-order valence-electron chi connectivity index (χ3n) is 3.99. The topological polar surface area (TPSA) is 46.3 Å². The summed E-state index contributed by atoms with van der Waals surface area (Å²) in [5, 5.41) is 0. The summed E-state index contributed by atoms with van der Waals surface area (Å²) in [6.07, 6.45) is 2.42. The molecule has 0 saturated heterocycles. The Balaban J connectivity index is 1.69. The Bertz CT molecular complexity index is 648. The number of rotatable bonds is 6. The Kier molecular flexibility index (Phi) is 4.20. The van der Waals surface area contributed by atoms with E-state index in [2.05, 4.69) is 4.90 Å². The number of nitrogens with two attached hydrogens (primary N) is 1. The predicted molar refractivity (Wildman–Crippen MR) is 83.6 cm³/mol.